The van der Waals surface area contributed by atoms with Crippen LogP contribution in [-0.2, 0) is 4.79 Å². The molecule has 2 rings (SSSR count). The first-order valence-corrected chi connectivity index (χ1v) is 4.75. The number of aliphatic carboxylic acids is 1. The van der Waals surface area contributed by atoms with Gasteiger partial charge in [-0.15, -0.1) is 10.2 Å². The number of hydrogen-bond donors (Lipinski definition) is 1. The molecule has 0 saturated heterocycles. The summed E-state index contributed by atoms with van der Waals surface area (Å²) in [6, 6.07) is 1.76. The highest BCUT2D eigenvalue weighted by Gasteiger charge is 2.06. The number of fused-ring (bicyclic) bond motifs is 1. The molecule has 2 aromatic heterocycles. The lowest BCUT2D eigenvalue weighted by Crippen LogP contribution is -2.00. The molecule has 0 aromatic carbocycles. The molecule has 0 atom stereocenters. The Bertz CT molecular complexity index is 469. The lowest BCUT2D eigenvalue weighted by molar-refractivity contribution is -0.133. The Kier molecular flexibility index (Phi) is 2.32. The second-order valence-corrected chi connectivity index (χ2v) is 3.44. The van der Waals surface area contributed by atoms with Crippen molar-refractivity contribution in [3.63, 3.8) is 0 Å². The van der Waals surface area contributed by atoms with Crippen LogP contribution in [0.2, 0.25) is 0 Å². The largest absolute Gasteiger partial charge is 0.481 e. The number of thioether (sulfide) groups is 1. The molecular formula is C7H6N4O2S. The predicted octanol–water partition coefficient (Wildman–Crippen LogP) is 0.301. The molecule has 0 aliphatic rings. The Balaban J connectivity index is 2.32. The molecule has 14 heavy (non-hydrogen) atoms. The van der Waals surface area contributed by atoms with Gasteiger partial charge in [0.2, 0.25) is 0 Å². The lowest BCUT2D eigenvalue weighted by Gasteiger charge is -1.98. The molecule has 0 radical (unpaired) electrons. The summed E-state index contributed by atoms with van der Waals surface area (Å²) < 4.78 is 1.55. The summed E-state index contributed by atoms with van der Waals surface area (Å²) in [4.78, 5) is 10.4. The standard InChI is InChI=1S/C7H6N4O2S/c12-6(13)3-14-7-5-1-2-9-11(5)4-8-10-7/h1-2,4H,3H2,(H,12,13). The summed E-state index contributed by atoms with van der Waals surface area (Å²) in [6.45, 7) is 0. The zero-order valence-electron chi connectivity index (χ0n) is 6.99. The average molecular weight is 210 g/mol. The van der Waals surface area contributed by atoms with E-state index >= 15 is 0 Å². The SMILES string of the molecule is O=C(O)CSc1nncn2nccc12. The molecule has 0 amide bonds. The van der Waals surface area contributed by atoms with E-state index in [0.29, 0.717) is 5.03 Å². The minimum absolute atomic E-state index is 0.0282. The number of hydrogen-bond acceptors (Lipinski definition) is 5. The third-order valence-corrected chi connectivity index (χ3v) is 2.49. The third kappa shape index (κ3) is 1.67. The normalized spacial score (nSPS) is 10.6. The van der Waals surface area contributed by atoms with Crippen LogP contribution in [0.1, 0.15) is 0 Å². The quantitative estimate of drug-likeness (QED) is 0.734. The van der Waals surface area contributed by atoms with Gasteiger partial charge in [0.25, 0.3) is 0 Å². The molecular weight excluding hydrogens is 204 g/mol. The van der Waals surface area contributed by atoms with Crippen molar-refractivity contribution in [3.8, 4) is 0 Å². The molecule has 0 aliphatic heterocycles. The van der Waals surface area contributed by atoms with Crippen LogP contribution in [0.15, 0.2) is 23.6 Å². The molecule has 6 nitrogen and oxygen atoms in total. The minimum atomic E-state index is -0.877. The van der Waals surface area contributed by atoms with Gasteiger partial charge in [0, 0.05) is 0 Å². The van der Waals surface area contributed by atoms with Gasteiger partial charge in [-0.25, -0.2) is 4.52 Å². The van der Waals surface area contributed by atoms with Crippen molar-refractivity contribution in [2.75, 3.05) is 5.75 Å². The first-order chi connectivity index (χ1) is 6.77. The molecule has 7 heteroatoms. The van der Waals surface area contributed by atoms with Crippen LogP contribution in [0.4, 0.5) is 0 Å². The van der Waals surface area contributed by atoms with E-state index in [-0.39, 0.29) is 5.75 Å². The maximum absolute atomic E-state index is 10.4. The van der Waals surface area contributed by atoms with Gasteiger partial charge in [-0.05, 0) is 6.07 Å². The first-order valence-electron chi connectivity index (χ1n) is 3.77. The van der Waals surface area contributed by atoms with Crippen LogP contribution >= 0.6 is 11.8 Å². The van der Waals surface area contributed by atoms with Crippen LogP contribution < -0.4 is 0 Å². The van der Waals surface area contributed by atoms with Crippen molar-refractivity contribution in [2.45, 2.75) is 5.03 Å². The third-order valence-electron chi connectivity index (χ3n) is 1.53. The highest BCUT2D eigenvalue weighted by molar-refractivity contribution is 8.00. The second kappa shape index (κ2) is 3.62. The molecule has 0 bridgehead atoms. The number of rotatable bonds is 3. The van der Waals surface area contributed by atoms with Crippen molar-refractivity contribution in [1.82, 2.24) is 19.8 Å². The number of carboxylic acid groups (broad SMARTS) is 1. The van der Waals surface area contributed by atoms with Gasteiger partial charge in [0.1, 0.15) is 16.9 Å². The van der Waals surface area contributed by atoms with E-state index in [1.165, 1.54) is 6.33 Å². The molecule has 1 N–H and O–H groups in total. The van der Waals surface area contributed by atoms with E-state index in [2.05, 4.69) is 15.3 Å². The molecule has 2 aromatic rings. The van der Waals surface area contributed by atoms with Crippen molar-refractivity contribution in [2.24, 2.45) is 0 Å². The van der Waals surface area contributed by atoms with Crippen molar-refractivity contribution in [3.05, 3.63) is 18.6 Å². The average Bonchev–Trinajstić information content (AvgIpc) is 2.62. The molecule has 72 valence electrons. The van der Waals surface area contributed by atoms with E-state index in [0.717, 1.165) is 17.3 Å². The zero-order chi connectivity index (χ0) is 9.97. The topological polar surface area (TPSA) is 80.4 Å². The van der Waals surface area contributed by atoms with E-state index in [4.69, 9.17) is 5.11 Å². The highest BCUT2D eigenvalue weighted by atomic mass is 32.2. The van der Waals surface area contributed by atoms with Gasteiger partial charge >= 0.3 is 5.97 Å². The summed E-state index contributed by atoms with van der Waals surface area (Å²) in [6.07, 6.45) is 3.09. The van der Waals surface area contributed by atoms with E-state index < -0.39 is 5.97 Å². The van der Waals surface area contributed by atoms with Crippen LogP contribution in [0.25, 0.3) is 5.52 Å². The van der Waals surface area contributed by atoms with Gasteiger partial charge in [0.15, 0.2) is 0 Å². The predicted molar refractivity (Wildman–Crippen MR) is 49.1 cm³/mol. The summed E-state index contributed by atoms with van der Waals surface area (Å²) in [7, 11) is 0. The van der Waals surface area contributed by atoms with Gasteiger partial charge in [0.05, 0.1) is 11.9 Å². The van der Waals surface area contributed by atoms with E-state index in [1.54, 1.807) is 16.8 Å². The number of carboxylic acids is 1. The van der Waals surface area contributed by atoms with Crippen molar-refractivity contribution >= 4 is 23.2 Å². The molecule has 0 fully saturated rings. The van der Waals surface area contributed by atoms with Gasteiger partial charge < -0.3 is 5.11 Å². The van der Waals surface area contributed by atoms with E-state index in [1.807, 2.05) is 0 Å². The monoisotopic (exact) mass is 210 g/mol. The summed E-state index contributed by atoms with van der Waals surface area (Å²) in [5.41, 5.74) is 0.770. The molecule has 0 aliphatic carbocycles. The zero-order valence-corrected chi connectivity index (χ0v) is 7.81. The highest BCUT2D eigenvalue weighted by Crippen LogP contribution is 2.19. The maximum Gasteiger partial charge on any atom is 0.313 e. The van der Waals surface area contributed by atoms with Crippen LogP contribution in [0.5, 0.6) is 0 Å². The van der Waals surface area contributed by atoms with E-state index in [9.17, 15) is 4.79 Å². The Hall–Kier alpha value is -1.63. The lowest BCUT2D eigenvalue weighted by atomic mass is 10.5. The Labute approximate surface area is 83.0 Å². The maximum atomic E-state index is 10.4. The van der Waals surface area contributed by atoms with Gasteiger partial charge in [-0.2, -0.15) is 5.10 Å². The summed E-state index contributed by atoms with van der Waals surface area (Å²) >= 11 is 1.13. The van der Waals surface area contributed by atoms with Crippen molar-refractivity contribution in [1.29, 1.82) is 0 Å². The Morgan fingerprint density at radius 1 is 1.64 bits per heavy atom. The molecule has 0 unspecified atom stereocenters. The summed E-state index contributed by atoms with van der Waals surface area (Å²) in [5.74, 6) is -0.905. The second-order valence-electron chi connectivity index (χ2n) is 2.48. The van der Waals surface area contributed by atoms with Crippen LogP contribution in [-0.4, -0.2) is 36.6 Å². The van der Waals surface area contributed by atoms with Gasteiger partial charge in [-0.3, -0.25) is 4.79 Å². The number of carbonyl (C=O) groups is 1. The van der Waals surface area contributed by atoms with Crippen LogP contribution in [0.3, 0.4) is 0 Å². The van der Waals surface area contributed by atoms with Crippen LogP contribution in [0, 0.1) is 0 Å². The Morgan fingerprint density at radius 2 is 2.50 bits per heavy atom. The smallest absolute Gasteiger partial charge is 0.313 e. The fourth-order valence-electron chi connectivity index (χ4n) is 0.987. The molecule has 0 spiro atoms. The fourth-order valence-corrected chi connectivity index (χ4v) is 1.66. The minimum Gasteiger partial charge on any atom is -0.481 e. The fraction of sp³-hybridized carbons (Fsp3) is 0.143. The molecule has 2 heterocycles. The summed E-state index contributed by atoms with van der Waals surface area (Å²) in [5, 5.41) is 20.6. The number of nitrogens with zero attached hydrogens (tertiary/aromatic N) is 4. The van der Waals surface area contributed by atoms with Gasteiger partial charge in [-0.1, -0.05) is 11.8 Å². The molecule has 0 saturated carbocycles. The first kappa shape index (κ1) is 8.95. The van der Waals surface area contributed by atoms with Crippen molar-refractivity contribution < 1.29 is 9.90 Å². The Morgan fingerprint density at radius 3 is 3.29 bits per heavy atom. The number of aromatic nitrogens is 4.